The Balaban J connectivity index is 0.000000240. The van der Waals surface area contributed by atoms with Gasteiger partial charge in [0, 0.05) is 35.0 Å². The Kier molecular flexibility index (Phi) is 13.2. The van der Waals surface area contributed by atoms with E-state index in [1.807, 2.05) is 0 Å². The summed E-state index contributed by atoms with van der Waals surface area (Å²) < 4.78 is 67.5. The summed E-state index contributed by atoms with van der Waals surface area (Å²) in [5, 5.41) is 59.2. The van der Waals surface area contributed by atoms with E-state index in [4.69, 9.17) is 0 Å². The first-order chi connectivity index (χ1) is 25.3. The van der Waals surface area contributed by atoms with E-state index in [9.17, 15) is 56.4 Å². The normalized spacial score (nSPS) is 11.7. The van der Waals surface area contributed by atoms with Crippen LogP contribution in [0.1, 0.15) is 11.1 Å². The summed E-state index contributed by atoms with van der Waals surface area (Å²) in [5.74, 6) is -0.567. The van der Waals surface area contributed by atoms with Crippen LogP contribution in [0.15, 0.2) is 127 Å². The molecule has 6 aromatic carbocycles. The molecule has 6 rings (SSSR count). The average Bonchev–Trinajstić information content (AvgIpc) is 3.09. The topological polar surface area (TPSA) is 291 Å². The van der Waals surface area contributed by atoms with Gasteiger partial charge >= 0.3 is 48.9 Å². The van der Waals surface area contributed by atoms with Crippen LogP contribution in [0.3, 0.4) is 0 Å². The molecule has 55 heavy (non-hydrogen) atoms. The van der Waals surface area contributed by atoms with Crippen LogP contribution in [-0.2, 0) is 20.2 Å². The smallest absolute Gasteiger partial charge is 0.744 e. The summed E-state index contributed by atoms with van der Waals surface area (Å²) in [6, 6.07) is 21.4. The minimum Gasteiger partial charge on any atom is -0.744 e. The molecule has 21 heteroatoms. The number of nitrogens with zero attached hydrogens (tertiary/aromatic N) is 6. The van der Waals surface area contributed by atoms with Crippen molar-refractivity contribution in [3.63, 3.8) is 0 Å². The molecule has 0 aliphatic rings. The number of aryl methyl sites for hydroxylation is 2. The zero-order valence-electron chi connectivity index (χ0n) is 28.4. The predicted octanol–water partition coefficient (Wildman–Crippen LogP) is 7.78. The number of phenols is 2. The van der Waals surface area contributed by atoms with Gasteiger partial charge in [-0.05, 0) is 84.3 Å². The summed E-state index contributed by atoms with van der Waals surface area (Å²) >= 11 is 0. The molecule has 0 unspecified atom stereocenters. The minimum atomic E-state index is -4.69. The number of nitro benzene ring substituents is 2. The first-order valence-electron chi connectivity index (χ1n) is 15.1. The molecular weight excluding hydrogens is 886 g/mol. The van der Waals surface area contributed by atoms with Crippen LogP contribution in [0.2, 0.25) is 0 Å². The molecule has 0 atom stereocenters. The van der Waals surface area contributed by atoms with Crippen molar-refractivity contribution in [2.75, 3.05) is 0 Å². The van der Waals surface area contributed by atoms with E-state index >= 15 is 0 Å². The molecule has 0 radical (unpaired) electrons. The van der Waals surface area contributed by atoms with Crippen LogP contribution in [-0.4, -0.2) is 94.9 Å². The van der Waals surface area contributed by atoms with E-state index in [0.717, 1.165) is 24.3 Å². The molecule has 18 nitrogen and oxygen atoms in total. The number of rotatable bonds is 8. The molecule has 6 aromatic rings. The predicted molar refractivity (Wildman–Crippen MR) is 197 cm³/mol. The summed E-state index contributed by atoms with van der Waals surface area (Å²) in [7, 11) is -9.38. The molecule has 0 bridgehead atoms. The van der Waals surface area contributed by atoms with Crippen LogP contribution in [0, 0.1) is 34.1 Å². The second-order valence-electron chi connectivity index (χ2n) is 11.5. The quantitative estimate of drug-likeness (QED) is 0.0486. The number of azo groups is 2. The molecule has 0 aliphatic heterocycles. The van der Waals surface area contributed by atoms with E-state index in [0.29, 0.717) is 21.9 Å². The van der Waals surface area contributed by atoms with Crippen molar-refractivity contribution >= 4 is 125 Å². The standard InChI is InChI=1S/2C17H13N3O6S.Ba/c2*1-10-6-12(8-13(7-10)20(22)23)18-19-17-15-9-14(27(24,25)26)4-2-11(15)3-5-16(17)21;/h2*2-9,21H,1H3,(H,24,25,26);/q;;+2/p-2. The molecule has 0 saturated heterocycles. The maximum atomic E-state index is 11.3. The Morgan fingerprint density at radius 3 is 1.20 bits per heavy atom. The van der Waals surface area contributed by atoms with Gasteiger partial charge in [-0.1, -0.05) is 24.3 Å². The average molecular weight is 910 g/mol. The van der Waals surface area contributed by atoms with Crippen molar-refractivity contribution in [2.24, 2.45) is 20.5 Å². The molecule has 0 amide bonds. The van der Waals surface area contributed by atoms with Crippen molar-refractivity contribution in [1.82, 2.24) is 0 Å². The van der Waals surface area contributed by atoms with Gasteiger partial charge in [-0.15, -0.1) is 10.2 Å². The fourth-order valence-corrected chi connectivity index (χ4v) is 6.09. The van der Waals surface area contributed by atoms with Gasteiger partial charge in [0.15, 0.2) is 0 Å². The third-order valence-electron chi connectivity index (χ3n) is 7.51. The van der Waals surface area contributed by atoms with Crippen molar-refractivity contribution in [1.29, 1.82) is 0 Å². The Hall–Kier alpha value is -5.17. The molecule has 276 valence electrons. The summed E-state index contributed by atoms with van der Waals surface area (Å²) in [4.78, 5) is 19.8. The van der Waals surface area contributed by atoms with Crippen molar-refractivity contribution in [2.45, 2.75) is 23.6 Å². The number of fused-ring (bicyclic) bond motifs is 2. The van der Waals surface area contributed by atoms with E-state index in [1.54, 1.807) is 26.0 Å². The molecule has 0 saturated carbocycles. The summed E-state index contributed by atoms with van der Waals surface area (Å²) in [6.45, 7) is 3.32. The summed E-state index contributed by atoms with van der Waals surface area (Å²) in [6.07, 6.45) is 0. The van der Waals surface area contributed by atoms with Gasteiger partial charge < -0.3 is 19.3 Å². The first-order valence-corrected chi connectivity index (χ1v) is 17.9. The Morgan fingerprint density at radius 2 is 0.873 bits per heavy atom. The third-order valence-corrected chi connectivity index (χ3v) is 9.17. The SMILES string of the molecule is Cc1cc(N=Nc2c(O)ccc3ccc(S(=O)(=O)[O-])cc23)cc([N+](=O)[O-])c1.Cc1cc(N=Nc2c(O)ccc3ccc(S(=O)(=O)[O-])cc23)cc([N+](=O)[O-])c1.[Ba+2]. The van der Waals surface area contributed by atoms with Gasteiger partial charge in [-0.2, -0.15) is 10.2 Å². The minimum absolute atomic E-state index is 0. The van der Waals surface area contributed by atoms with E-state index in [1.165, 1.54) is 60.7 Å². The van der Waals surface area contributed by atoms with Gasteiger partial charge in [0.2, 0.25) is 0 Å². The zero-order valence-corrected chi connectivity index (χ0v) is 34.5. The van der Waals surface area contributed by atoms with Gasteiger partial charge in [0.05, 0.1) is 31.0 Å². The molecule has 2 N–H and O–H groups in total. The summed E-state index contributed by atoms with van der Waals surface area (Å²) in [5.41, 5.74) is 1.14. The van der Waals surface area contributed by atoms with Crippen molar-refractivity contribution in [3.8, 4) is 11.5 Å². The van der Waals surface area contributed by atoms with Crippen LogP contribution in [0.25, 0.3) is 21.5 Å². The molecule has 0 fully saturated rings. The number of hydrogen-bond donors (Lipinski definition) is 2. The Bertz CT molecular complexity index is 2610. The van der Waals surface area contributed by atoms with Crippen LogP contribution in [0.5, 0.6) is 11.5 Å². The third kappa shape index (κ3) is 10.5. The number of nitro groups is 2. The van der Waals surface area contributed by atoms with Gasteiger partial charge in [0.1, 0.15) is 43.1 Å². The molecule has 0 aromatic heterocycles. The second-order valence-corrected chi connectivity index (χ2v) is 14.3. The fourth-order valence-electron chi connectivity index (χ4n) is 5.09. The molecule has 0 spiro atoms. The Labute approximate surface area is 351 Å². The van der Waals surface area contributed by atoms with Crippen LogP contribution < -0.4 is 0 Å². The van der Waals surface area contributed by atoms with E-state index < -0.39 is 39.9 Å². The largest absolute Gasteiger partial charge is 2.00 e. The van der Waals surface area contributed by atoms with Gasteiger partial charge in [-0.3, -0.25) is 20.2 Å². The van der Waals surface area contributed by atoms with Gasteiger partial charge in [-0.25, -0.2) is 16.8 Å². The molecule has 0 aliphatic carbocycles. The maximum absolute atomic E-state index is 11.3. The van der Waals surface area contributed by atoms with Crippen LogP contribution >= 0.6 is 0 Å². The number of aromatic hydroxyl groups is 2. The van der Waals surface area contributed by atoms with Crippen molar-refractivity contribution in [3.05, 3.63) is 128 Å². The first kappa shape index (κ1) is 42.6. The second kappa shape index (κ2) is 17.1. The number of non-ortho nitro benzene ring substituents is 2. The maximum Gasteiger partial charge on any atom is 2.00 e. The molecular formula is C34H24BaN6O12S2. The van der Waals surface area contributed by atoms with Crippen molar-refractivity contribution < 1.29 is 46.0 Å². The number of benzene rings is 6. The van der Waals surface area contributed by atoms with Crippen LogP contribution in [0.4, 0.5) is 34.1 Å². The zero-order chi connectivity index (χ0) is 39.5. The number of hydrogen-bond acceptors (Lipinski definition) is 16. The monoisotopic (exact) mass is 910 g/mol. The van der Waals surface area contributed by atoms with E-state index in [2.05, 4.69) is 20.5 Å². The van der Waals surface area contributed by atoms with E-state index in [-0.39, 0.29) is 105 Å². The fraction of sp³-hybridized carbons (Fsp3) is 0.0588. The Morgan fingerprint density at radius 1 is 0.527 bits per heavy atom. The van der Waals surface area contributed by atoms with Gasteiger partial charge in [0.25, 0.3) is 11.4 Å². The molecule has 0 heterocycles. The number of phenolic OH excluding ortho intramolecular Hbond substituents is 2.